The Balaban J connectivity index is 2.51. The molecule has 0 aliphatic carbocycles. The van der Waals surface area contributed by atoms with Crippen LogP contribution < -0.4 is 4.74 Å². The number of hydrogen-bond acceptors (Lipinski definition) is 4. The molecular formula is C15H17NO3. The number of methoxy groups -OCH3 is 1. The highest BCUT2D eigenvalue weighted by molar-refractivity contribution is 5.93. The van der Waals surface area contributed by atoms with Crippen LogP contribution in [0.25, 0.3) is 11.3 Å². The standard InChI is InChI=1S/C15H17NO3/c1-9(2)11-5-6-14(18-4)12(7-11)15-8-13(10(3)17)16-19-15/h5-9H,1-4H3. The van der Waals surface area contributed by atoms with E-state index >= 15 is 0 Å². The first-order valence-corrected chi connectivity index (χ1v) is 6.19. The number of nitrogens with zero attached hydrogens (tertiary/aromatic N) is 1. The smallest absolute Gasteiger partial charge is 0.181 e. The van der Waals surface area contributed by atoms with E-state index in [1.165, 1.54) is 12.5 Å². The molecule has 4 nitrogen and oxygen atoms in total. The maximum absolute atomic E-state index is 11.3. The molecule has 0 aliphatic heterocycles. The zero-order chi connectivity index (χ0) is 14.0. The van der Waals surface area contributed by atoms with Gasteiger partial charge in [-0.05, 0) is 23.6 Å². The molecular weight excluding hydrogens is 242 g/mol. The minimum atomic E-state index is -0.117. The summed E-state index contributed by atoms with van der Waals surface area (Å²) in [6.45, 7) is 5.70. The van der Waals surface area contributed by atoms with Crippen LogP contribution in [-0.4, -0.2) is 18.0 Å². The summed E-state index contributed by atoms with van der Waals surface area (Å²) >= 11 is 0. The van der Waals surface area contributed by atoms with Gasteiger partial charge in [-0.15, -0.1) is 0 Å². The highest BCUT2D eigenvalue weighted by Crippen LogP contribution is 2.33. The van der Waals surface area contributed by atoms with Crippen molar-refractivity contribution in [1.29, 1.82) is 0 Å². The third-order valence-electron chi connectivity index (χ3n) is 3.03. The molecule has 0 atom stereocenters. The largest absolute Gasteiger partial charge is 0.496 e. The van der Waals surface area contributed by atoms with Gasteiger partial charge in [-0.25, -0.2) is 0 Å². The molecule has 4 heteroatoms. The average Bonchev–Trinajstić information content (AvgIpc) is 2.87. The summed E-state index contributed by atoms with van der Waals surface area (Å²) in [5.41, 5.74) is 2.32. The minimum Gasteiger partial charge on any atom is -0.496 e. The van der Waals surface area contributed by atoms with Gasteiger partial charge in [-0.2, -0.15) is 0 Å². The predicted octanol–water partition coefficient (Wildman–Crippen LogP) is 3.68. The Hall–Kier alpha value is -2.10. The van der Waals surface area contributed by atoms with Gasteiger partial charge < -0.3 is 9.26 Å². The Morgan fingerprint density at radius 2 is 2.05 bits per heavy atom. The van der Waals surface area contributed by atoms with E-state index in [4.69, 9.17) is 9.26 Å². The van der Waals surface area contributed by atoms with Gasteiger partial charge in [-0.1, -0.05) is 25.1 Å². The number of rotatable bonds is 4. The lowest BCUT2D eigenvalue weighted by atomic mass is 9.99. The summed E-state index contributed by atoms with van der Waals surface area (Å²) in [6.07, 6.45) is 0. The molecule has 19 heavy (non-hydrogen) atoms. The molecule has 1 aromatic heterocycles. The second-order valence-corrected chi connectivity index (χ2v) is 4.75. The van der Waals surface area contributed by atoms with Crippen molar-refractivity contribution in [1.82, 2.24) is 5.16 Å². The molecule has 2 rings (SSSR count). The molecule has 1 aromatic carbocycles. The molecule has 0 bridgehead atoms. The van der Waals surface area contributed by atoms with Crippen LogP contribution in [0, 0.1) is 0 Å². The van der Waals surface area contributed by atoms with Crippen LogP contribution in [0.5, 0.6) is 5.75 Å². The number of carbonyl (C=O) groups is 1. The molecule has 0 fully saturated rings. The number of Topliss-reactive ketones (excluding diaryl/α,β-unsaturated/α-hetero) is 1. The van der Waals surface area contributed by atoms with E-state index in [1.54, 1.807) is 13.2 Å². The van der Waals surface area contributed by atoms with Gasteiger partial charge in [0.1, 0.15) is 11.4 Å². The lowest BCUT2D eigenvalue weighted by Crippen LogP contribution is -1.92. The van der Waals surface area contributed by atoms with Crippen molar-refractivity contribution >= 4 is 5.78 Å². The fourth-order valence-electron chi connectivity index (χ4n) is 1.85. The third kappa shape index (κ3) is 2.67. The van der Waals surface area contributed by atoms with Crippen molar-refractivity contribution in [2.45, 2.75) is 26.7 Å². The maximum Gasteiger partial charge on any atom is 0.181 e. The number of hydrogen-bond donors (Lipinski definition) is 0. The van der Waals surface area contributed by atoms with Crippen molar-refractivity contribution in [2.24, 2.45) is 0 Å². The Morgan fingerprint density at radius 3 is 2.58 bits per heavy atom. The lowest BCUT2D eigenvalue weighted by Gasteiger charge is -2.10. The number of aromatic nitrogens is 1. The van der Waals surface area contributed by atoms with E-state index in [0.29, 0.717) is 23.1 Å². The lowest BCUT2D eigenvalue weighted by molar-refractivity contribution is 0.100. The molecule has 1 heterocycles. The van der Waals surface area contributed by atoms with Gasteiger partial charge >= 0.3 is 0 Å². The van der Waals surface area contributed by atoms with Crippen molar-refractivity contribution in [2.75, 3.05) is 7.11 Å². The zero-order valence-corrected chi connectivity index (χ0v) is 11.6. The van der Waals surface area contributed by atoms with Crippen LogP contribution in [0.3, 0.4) is 0 Å². The average molecular weight is 259 g/mol. The molecule has 0 amide bonds. The van der Waals surface area contributed by atoms with Crippen molar-refractivity contribution in [3.8, 4) is 17.1 Å². The topological polar surface area (TPSA) is 52.3 Å². The predicted molar refractivity (Wildman–Crippen MR) is 72.6 cm³/mol. The molecule has 100 valence electrons. The minimum absolute atomic E-state index is 0.117. The molecule has 0 N–H and O–H groups in total. The Kier molecular flexibility index (Phi) is 3.69. The number of ether oxygens (including phenoxy) is 1. The van der Waals surface area contributed by atoms with Gasteiger partial charge in [0, 0.05) is 13.0 Å². The summed E-state index contributed by atoms with van der Waals surface area (Å²) in [4.78, 5) is 11.3. The molecule has 0 saturated carbocycles. The van der Waals surface area contributed by atoms with Crippen LogP contribution in [0.1, 0.15) is 42.7 Å². The van der Waals surface area contributed by atoms with Crippen LogP contribution >= 0.6 is 0 Å². The number of benzene rings is 1. The fraction of sp³-hybridized carbons (Fsp3) is 0.333. The van der Waals surface area contributed by atoms with E-state index in [9.17, 15) is 4.79 Å². The summed E-state index contributed by atoms with van der Waals surface area (Å²) in [6, 6.07) is 7.58. The zero-order valence-electron chi connectivity index (χ0n) is 11.6. The molecule has 2 aromatic rings. The molecule has 0 saturated heterocycles. The van der Waals surface area contributed by atoms with Gasteiger partial charge in [-0.3, -0.25) is 4.79 Å². The molecule has 0 unspecified atom stereocenters. The monoisotopic (exact) mass is 259 g/mol. The summed E-state index contributed by atoms with van der Waals surface area (Å²) < 4.78 is 10.6. The third-order valence-corrected chi connectivity index (χ3v) is 3.03. The van der Waals surface area contributed by atoms with Gasteiger partial charge in [0.2, 0.25) is 0 Å². The van der Waals surface area contributed by atoms with E-state index in [-0.39, 0.29) is 5.78 Å². The summed E-state index contributed by atoms with van der Waals surface area (Å²) in [5.74, 6) is 1.54. The second kappa shape index (κ2) is 5.26. The van der Waals surface area contributed by atoms with Gasteiger partial charge in [0.05, 0.1) is 12.7 Å². The first-order valence-electron chi connectivity index (χ1n) is 6.19. The van der Waals surface area contributed by atoms with Crippen LogP contribution in [-0.2, 0) is 0 Å². The first-order chi connectivity index (χ1) is 9.02. The second-order valence-electron chi connectivity index (χ2n) is 4.75. The summed E-state index contributed by atoms with van der Waals surface area (Å²) in [7, 11) is 1.61. The van der Waals surface area contributed by atoms with Gasteiger partial charge in [0.15, 0.2) is 11.5 Å². The number of ketones is 1. The summed E-state index contributed by atoms with van der Waals surface area (Å²) in [5, 5.41) is 3.76. The van der Waals surface area contributed by atoms with Crippen molar-refractivity contribution in [3.63, 3.8) is 0 Å². The Bertz CT molecular complexity index is 599. The van der Waals surface area contributed by atoms with Crippen molar-refractivity contribution < 1.29 is 14.1 Å². The Morgan fingerprint density at radius 1 is 1.32 bits per heavy atom. The highest BCUT2D eigenvalue weighted by atomic mass is 16.5. The van der Waals surface area contributed by atoms with E-state index < -0.39 is 0 Å². The molecule has 0 spiro atoms. The fourth-order valence-corrected chi connectivity index (χ4v) is 1.85. The van der Waals surface area contributed by atoms with E-state index in [0.717, 1.165) is 5.56 Å². The van der Waals surface area contributed by atoms with E-state index in [2.05, 4.69) is 19.0 Å². The van der Waals surface area contributed by atoms with E-state index in [1.807, 2.05) is 18.2 Å². The van der Waals surface area contributed by atoms with Crippen LogP contribution in [0.2, 0.25) is 0 Å². The van der Waals surface area contributed by atoms with Crippen molar-refractivity contribution in [3.05, 3.63) is 35.5 Å². The number of carbonyl (C=O) groups excluding carboxylic acids is 1. The van der Waals surface area contributed by atoms with Crippen LogP contribution in [0.15, 0.2) is 28.8 Å². The first kappa shape index (κ1) is 13.3. The normalized spacial score (nSPS) is 10.8. The molecule has 0 radical (unpaired) electrons. The maximum atomic E-state index is 11.3. The van der Waals surface area contributed by atoms with Crippen LogP contribution in [0.4, 0.5) is 0 Å². The highest BCUT2D eigenvalue weighted by Gasteiger charge is 2.15. The quantitative estimate of drug-likeness (QED) is 0.786. The Labute approximate surface area is 112 Å². The molecule has 0 aliphatic rings. The SMILES string of the molecule is COc1ccc(C(C)C)cc1-c1cc(C(C)=O)no1. The van der Waals surface area contributed by atoms with Gasteiger partial charge in [0.25, 0.3) is 0 Å².